The highest BCUT2D eigenvalue weighted by Crippen LogP contribution is 2.37. The number of hydrogen-bond acceptors (Lipinski definition) is 4. The van der Waals surface area contributed by atoms with E-state index in [1.807, 2.05) is 0 Å². The number of nitrogens with zero attached hydrogens (tertiary/aromatic N) is 1. The third-order valence-electron chi connectivity index (χ3n) is 4.95. The minimum absolute atomic E-state index is 0.0300. The zero-order chi connectivity index (χ0) is 13.4. The molecule has 3 atom stereocenters. The van der Waals surface area contributed by atoms with Gasteiger partial charge in [-0.05, 0) is 32.2 Å². The summed E-state index contributed by atoms with van der Waals surface area (Å²) in [5.74, 6) is 1.36. The Morgan fingerprint density at radius 2 is 2.11 bits per heavy atom. The molecule has 3 unspecified atom stereocenters. The second-order valence-corrected chi connectivity index (χ2v) is 8.53. The highest BCUT2D eigenvalue weighted by molar-refractivity contribution is 7.91. The normalized spacial score (nSPS) is 40.2. The fourth-order valence-corrected chi connectivity index (χ4v) is 5.52. The lowest BCUT2D eigenvalue weighted by molar-refractivity contribution is 0.0347. The molecule has 1 aliphatic heterocycles. The van der Waals surface area contributed by atoms with E-state index < -0.39 is 9.84 Å². The molecule has 1 aliphatic carbocycles. The number of sulfone groups is 1. The predicted molar refractivity (Wildman–Crippen MR) is 74.2 cm³/mol. The molecule has 2 fully saturated rings. The highest BCUT2D eigenvalue weighted by atomic mass is 32.2. The Morgan fingerprint density at radius 3 is 2.61 bits per heavy atom. The molecule has 5 heteroatoms. The summed E-state index contributed by atoms with van der Waals surface area (Å²) in [6.07, 6.45) is 5.48. The van der Waals surface area contributed by atoms with Gasteiger partial charge in [0, 0.05) is 18.1 Å². The van der Waals surface area contributed by atoms with E-state index in [2.05, 4.69) is 18.9 Å². The molecule has 0 bridgehead atoms. The predicted octanol–water partition coefficient (Wildman–Crippen LogP) is 1.01. The fourth-order valence-electron chi connectivity index (χ4n) is 3.75. The van der Waals surface area contributed by atoms with Crippen molar-refractivity contribution in [1.29, 1.82) is 0 Å². The molecule has 106 valence electrons. The topological polar surface area (TPSA) is 63.4 Å². The molecule has 0 aromatic heterocycles. The zero-order valence-electron chi connectivity index (χ0n) is 11.6. The average molecular weight is 274 g/mol. The first-order valence-electron chi connectivity index (χ1n) is 7.02. The lowest BCUT2D eigenvalue weighted by atomic mass is 9.75. The van der Waals surface area contributed by atoms with Crippen molar-refractivity contribution >= 4 is 9.84 Å². The maximum atomic E-state index is 11.6. The van der Waals surface area contributed by atoms with Gasteiger partial charge in [-0.15, -0.1) is 0 Å². The van der Waals surface area contributed by atoms with E-state index in [4.69, 9.17) is 5.73 Å². The van der Waals surface area contributed by atoms with Crippen LogP contribution in [0.25, 0.3) is 0 Å². The van der Waals surface area contributed by atoms with Crippen LogP contribution >= 0.6 is 0 Å². The van der Waals surface area contributed by atoms with Crippen molar-refractivity contribution in [2.45, 2.75) is 50.6 Å². The molecule has 1 saturated carbocycles. The van der Waals surface area contributed by atoms with Crippen LogP contribution in [0.5, 0.6) is 0 Å². The van der Waals surface area contributed by atoms with Gasteiger partial charge in [0.25, 0.3) is 0 Å². The van der Waals surface area contributed by atoms with E-state index in [9.17, 15) is 8.42 Å². The van der Waals surface area contributed by atoms with Gasteiger partial charge in [0.2, 0.25) is 0 Å². The van der Waals surface area contributed by atoms with E-state index >= 15 is 0 Å². The Labute approximate surface area is 111 Å². The first-order chi connectivity index (χ1) is 8.38. The second-order valence-electron chi connectivity index (χ2n) is 6.30. The van der Waals surface area contributed by atoms with E-state index in [0.29, 0.717) is 24.0 Å². The molecule has 0 spiro atoms. The van der Waals surface area contributed by atoms with Crippen LogP contribution in [0.3, 0.4) is 0 Å². The van der Waals surface area contributed by atoms with Crippen molar-refractivity contribution in [3.05, 3.63) is 0 Å². The van der Waals surface area contributed by atoms with Crippen LogP contribution in [-0.2, 0) is 9.84 Å². The summed E-state index contributed by atoms with van der Waals surface area (Å²) in [4.78, 5) is 2.30. The minimum Gasteiger partial charge on any atom is -0.329 e. The molecular formula is C13H26N2O2S. The standard InChI is InChI=1S/C13H26N2O2S/c1-11-4-3-6-13(8-11,10-14)15(2)12-5-7-18(16,17)9-12/h11-12H,3-10,14H2,1-2H3. The Bertz CT molecular complexity index is 396. The molecular weight excluding hydrogens is 248 g/mol. The van der Waals surface area contributed by atoms with Crippen LogP contribution < -0.4 is 5.73 Å². The first-order valence-corrected chi connectivity index (χ1v) is 8.84. The molecule has 2 rings (SSSR count). The quantitative estimate of drug-likeness (QED) is 0.834. The van der Waals surface area contributed by atoms with E-state index in [1.54, 1.807) is 0 Å². The molecule has 1 heterocycles. The Morgan fingerprint density at radius 1 is 1.39 bits per heavy atom. The molecule has 2 aliphatic rings. The van der Waals surface area contributed by atoms with Crippen molar-refractivity contribution < 1.29 is 8.42 Å². The van der Waals surface area contributed by atoms with Crippen LogP contribution in [-0.4, -0.2) is 50.0 Å². The Hall–Kier alpha value is -0.130. The fraction of sp³-hybridized carbons (Fsp3) is 1.00. The smallest absolute Gasteiger partial charge is 0.151 e. The Kier molecular flexibility index (Phi) is 4.04. The van der Waals surface area contributed by atoms with Gasteiger partial charge in [0.05, 0.1) is 11.5 Å². The van der Waals surface area contributed by atoms with Gasteiger partial charge in [-0.25, -0.2) is 8.42 Å². The average Bonchev–Trinajstić information content (AvgIpc) is 2.68. The van der Waals surface area contributed by atoms with E-state index in [0.717, 1.165) is 19.3 Å². The van der Waals surface area contributed by atoms with Crippen molar-refractivity contribution in [3.63, 3.8) is 0 Å². The number of nitrogens with two attached hydrogens (primary N) is 1. The monoisotopic (exact) mass is 274 g/mol. The van der Waals surface area contributed by atoms with E-state index in [1.165, 1.54) is 12.8 Å². The summed E-state index contributed by atoms with van der Waals surface area (Å²) in [7, 11) is -0.730. The van der Waals surface area contributed by atoms with Crippen LogP contribution in [0.1, 0.15) is 39.0 Å². The lowest BCUT2D eigenvalue weighted by Gasteiger charge is -2.48. The molecule has 0 aromatic rings. The molecule has 2 N–H and O–H groups in total. The van der Waals surface area contributed by atoms with Crippen LogP contribution in [0, 0.1) is 5.92 Å². The minimum atomic E-state index is -2.81. The van der Waals surface area contributed by atoms with Crippen LogP contribution in [0.15, 0.2) is 0 Å². The third kappa shape index (κ3) is 2.73. The Balaban J connectivity index is 2.12. The number of hydrogen-bond donors (Lipinski definition) is 1. The SMILES string of the molecule is CC1CCCC(CN)(N(C)C2CCS(=O)(=O)C2)C1. The molecule has 18 heavy (non-hydrogen) atoms. The van der Waals surface area contributed by atoms with Gasteiger partial charge in [0.15, 0.2) is 9.84 Å². The number of likely N-dealkylation sites (N-methyl/N-ethyl adjacent to an activating group) is 1. The van der Waals surface area contributed by atoms with Gasteiger partial charge in [-0.3, -0.25) is 4.90 Å². The van der Waals surface area contributed by atoms with Crippen molar-refractivity contribution in [2.24, 2.45) is 11.7 Å². The first kappa shape index (κ1) is 14.3. The number of rotatable bonds is 3. The summed E-state index contributed by atoms with van der Waals surface area (Å²) in [5.41, 5.74) is 6.08. The zero-order valence-corrected chi connectivity index (χ0v) is 12.4. The summed E-state index contributed by atoms with van der Waals surface area (Å²) in [6, 6.07) is 0.170. The van der Waals surface area contributed by atoms with Gasteiger partial charge < -0.3 is 5.73 Å². The van der Waals surface area contributed by atoms with Crippen molar-refractivity contribution in [1.82, 2.24) is 4.90 Å². The van der Waals surface area contributed by atoms with Crippen LogP contribution in [0.2, 0.25) is 0 Å². The van der Waals surface area contributed by atoms with Gasteiger partial charge >= 0.3 is 0 Å². The van der Waals surface area contributed by atoms with Crippen molar-refractivity contribution in [3.8, 4) is 0 Å². The van der Waals surface area contributed by atoms with E-state index in [-0.39, 0.29) is 11.6 Å². The molecule has 1 saturated heterocycles. The molecule has 0 radical (unpaired) electrons. The van der Waals surface area contributed by atoms with Gasteiger partial charge in [-0.2, -0.15) is 0 Å². The second kappa shape index (κ2) is 5.10. The van der Waals surface area contributed by atoms with Gasteiger partial charge in [0.1, 0.15) is 0 Å². The van der Waals surface area contributed by atoms with Crippen LogP contribution in [0.4, 0.5) is 0 Å². The molecule has 0 amide bonds. The van der Waals surface area contributed by atoms with Gasteiger partial charge in [-0.1, -0.05) is 19.8 Å². The lowest BCUT2D eigenvalue weighted by Crippen LogP contribution is -2.58. The summed E-state index contributed by atoms with van der Waals surface area (Å²) >= 11 is 0. The largest absolute Gasteiger partial charge is 0.329 e. The maximum absolute atomic E-state index is 11.6. The summed E-state index contributed by atoms with van der Waals surface area (Å²) < 4.78 is 23.3. The summed E-state index contributed by atoms with van der Waals surface area (Å²) in [6.45, 7) is 2.92. The van der Waals surface area contributed by atoms with Crippen molar-refractivity contribution in [2.75, 3.05) is 25.1 Å². The summed E-state index contributed by atoms with van der Waals surface area (Å²) in [5, 5.41) is 0. The highest BCUT2D eigenvalue weighted by Gasteiger charge is 2.43. The third-order valence-corrected chi connectivity index (χ3v) is 6.70. The maximum Gasteiger partial charge on any atom is 0.151 e. The molecule has 4 nitrogen and oxygen atoms in total. The molecule has 0 aromatic carbocycles.